The van der Waals surface area contributed by atoms with Crippen LogP contribution in [-0.4, -0.2) is 35.7 Å². The molecular formula is C20H21F3N4O. The van der Waals surface area contributed by atoms with E-state index in [0.717, 1.165) is 11.6 Å². The van der Waals surface area contributed by atoms with E-state index in [4.69, 9.17) is 0 Å². The van der Waals surface area contributed by atoms with Gasteiger partial charge in [0.05, 0.1) is 5.56 Å². The molecule has 1 N–H and O–H groups in total. The number of anilines is 1. The summed E-state index contributed by atoms with van der Waals surface area (Å²) in [6.07, 6.45) is -1.43. The van der Waals surface area contributed by atoms with Crippen molar-refractivity contribution in [1.29, 1.82) is 0 Å². The van der Waals surface area contributed by atoms with Gasteiger partial charge in [-0.25, -0.2) is 0 Å². The molecule has 28 heavy (non-hydrogen) atoms. The first-order valence-corrected chi connectivity index (χ1v) is 9.11. The molecule has 1 aliphatic rings. The van der Waals surface area contributed by atoms with Crippen LogP contribution < -0.4 is 10.2 Å². The van der Waals surface area contributed by atoms with Crippen LogP contribution >= 0.6 is 0 Å². The number of nitrogens with zero attached hydrogens (tertiary/aromatic N) is 3. The molecule has 2 heterocycles. The fraction of sp³-hybridized carbons (Fsp3) is 0.350. The Bertz CT molecular complexity index is 852. The average molecular weight is 390 g/mol. The Morgan fingerprint density at radius 1 is 1.14 bits per heavy atom. The molecule has 5 nitrogen and oxygen atoms in total. The minimum absolute atomic E-state index is 0.199. The smallest absolute Gasteiger partial charge is 0.354 e. The predicted octanol–water partition coefficient (Wildman–Crippen LogP) is 3.93. The molecular weight excluding hydrogens is 369 g/mol. The molecule has 3 rings (SSSR count). The minimum atomic E-state index is -4.37. The van der Waals surface area contributed by atoms with E-state index in [2.05, 4.69) is 15.5 Å². The number of nitrogens with one attached hydrogen (secondary N) is 1. The number of amides is 1. The topological polar surface area (TPSA) is 58.1 Å². The highest BCUT2D eigenvalue weighted by Gasteiger charge is 2.32. The van der Waals surface area contributed by atoms with E-state index in [1.807, 2.05) is 11.8 Å². The van der Waals surface area contributed by atoms with E-state index in [1.54, 1.807) is 24.3 Å². The summed E-state index contributed by atoms with van der Waals surface area (Å²) in [5, 5.41) is 10.7. The van der Waals surface area contributed by atoms with E-state index in [9.17, 15) is 18.0 Å². The van der Waals surface area contributed by atoms with Gasteiger partial charge in [-0.3, -0.25) is 4.79 Å². The zero-order chi connectivity index (χ0) is 20.1. The van der Waals surface area contributed by atoms with Gasteiger partial charge in [0.15, 0.2) is 11.5 Å². The first-order chi connectivity index (χ1) is 13.4. The van der Waals surface area contributed by atoms with Crippen molar-refractivity contribution in [3.8, 4) is 0 Å². The number of rotatable bonds is 4. The summed E-state index contributed by atoms with van der Waals surface area (Å²) >= 11 is 0. The van der Waals surface area contributed by atoms with E-state index in [1.165, 1.54) is 12.1 Å². The van der Waals surface area contributed by atoms with Gasteiger partial charge in [0, 0.05) is 19.6 Å². The number of piperidine rings is 1. The van der Waals surface area contributed by atoms with Gasteiger partial charge in [-0.2, -0.15) is 13.2 Å². The summed E-state index contributed by atoms with van der Waals surface area (Å²) < 4.78 is 39.4. The summed E-state index contributed by atoms with van der Waals surface area (Å²) in [5.74, 6) is 0.386. The van der Waals surface area contributed by atoms with Gasteiger partial charge in [-0.15, -0.1) is 10.2 Å². The molecule has 1 aromatic heterocycles. The molecule has 1 aromatic carbocycles. The highest BCUT2D eigenvalue weighted by Crippen LogP contribution is 2.33. The number of hydrogen-bond donors (Lipinski definition) is 1. The zero-order valence-electron chi connectivity index (χ0n) is 15.5. The second-order valence-corrected chi connectivity index (χ2v) is 6.51. The summed E-state index contributed by atoms with van der Waals surface area (Å²) in [6.45, 7) is 3.61. The van der Waals surface area contributed by atoms with Crippen LogP contribution in [-0.2, 0) is 6.18 Å². The molecule has 0 saturated carbocycles. The molecule has 1 aliphatic heterocycles. The third-order valence-electron chi connectivity index (χ3n) is 4.58. The van der Waals surface area contributed by atoms with Gasteiger partial charge in [-0.05, 0) is 43.5 Å². The molecule has 0 spiro atoms. The maximum atomic E-state index is 13.1. The van der Waals surface area contributed by atoms with Crippen LogP contribution in [0.25, 0.3) is 6.08 Å². The molecule has 2 aromatic rings. The number of carbonyl (C=O) groups excluding carboxylic acids is 1. The van der Waals surface area contributed by atoms with Crippen LogP contribution in [0.3, 0.4) is 0 Å². The Hall–Kier alpha value is -2.90. The van der Waals surface area contributed by atoms with Crippen molar-refractivity contribution in [2.75, 3.05) is 24.5 Å². The predicted molar refractivity (Wildman–Crippen MR) is 101 cm³/mol. The maximum absolute atomic E-state index is 13.1. The Kier molecular flexibility index (Phi) is 5.96. The summed E-state index contributed by atoms with van der Waals surface area (Å²) in [5.41, 5.74) is 0.813. The van der Waals surface area contributed by atoms with Gasteiger partial charge >= 0.3 is 6.18 Å². The lowest BCUT2D eigenvalue weighted by Gasteiger charge is -2.29. The van der Waals surface area contributed by atoms with Gasteiger partial charge in [-0.1, -0.05) is 29.8 Å². The lowest BCUT2D eigenvalue weighted by atomic mass is 9.98. The molecule has 1 fully saturated rings. The van der Waals surface area contributed by atoms with Gasteiger partial charge in [0.25, 0.3) is 5.91 Å². The normalized spacial score (nSPS) is 14.7. The van der Waals surface area contributed by atoms with Crippen molar-refractivity contribution in [3.63, 3.8) is 0 Å². The zero-order valence-corrected chi connectivity index (χ0v) is 15.5. The van der Waals surface area contributed by atoms with Crippen LogP contribution in [0.2, 0.25) is 0 Å². The van der Waals surface area contributed by atoms with Gasteiger partial charge in [0.2, 0.25) is 0 Å². The van der Waals surface area contributed by atoms with Crippen molar-refractivity contribution < 1.29 is 18.0 Å². The SMILES string of the molecule is CCNC(=O)c1ccc(N2CCC(=Cc3ccccc3C(F)(F)F)CC2)nn1. The van der Waals surface area contributed by atoms with Crippen molar-refractivity contribution in [3.05, 3.63) is 58.8 Å². The number of aromatic nitrogens is 2. The fourth-order valence-corrected chi connectivity index (χ4v) is 3.13. The second kappa shape index (κ2) is 8.41. The number of carbonyl (C=O) groups is 1. The molecule has 0 atom stereocenters. The Balaban J connectivity index is 1.67. The van der Waals surface area contributed by atoms with Crippen molar-refractivity contribution >= 4 is 17.8 Å². The third-order valence-corrected chi connectivity index (χ3v) is 4.58. The van der Waals surface area contributed by atoms with E-state index < -0.39 is 11.7 Å². The van der Waals surface area contributed by atoms with E-state index >= 15 is 0 Å². The Morgan fingerprint density at radius 3 is 2.46 bits per heavy atom. The molecule has 8 heteroatoms. The van der Waals surface area contributed by atoms with Crippen molar-refractivity contribution in [2.45, 2.75) is 25.9 Å². The Labute approximate surface area is 161 Å². The largest absolute Gasteiger partial charge is 0.416 e. The molecule has 0 aliphatic carbocycles. The van der Waals surface area contributed by atoms with Crippen LogP contribution in [0, 0.1) is 0 Å². The third kappa shape index (κ3) is 4.68. The Morgan fingerprint density at radius 2 is 1.86 bits per heavy atom. The van der Waals surface area contributed by atoms with Crippen LogP contribution in [0.5, 0.6) is 0 Å². The maximum Gasteiger partial charge on any atom is 0.416 e. The van der Waals surface area contributed by atoms with E-state index in [0.29, 0.717) is 38.3 Å². The fourth-order valence-electron chi connectivity index (χ4n) is 3.13. The molecule has 148 valence electrons. The lowest BCUT2D eigenvalue weighted by molar-refractivity contribution is -0.137. The summed E-state index contributed by atoms with van der Waals surface area (Å²) in [4.78, 5) is 13.7. The standard InChI is InChI=1S/C20H21F3N4O/c1-2-24-19(28)17-7-8-18(26-25-17)27-11-9-14(10-12-27)13-15-5-3-4-6-16(15)20(21,22)23/h3-8,13H,2,9-12H2,1H3,(H,24,28). The van der Waals surface area contributed by atoms with Crippen LogP contribution in [0.1, 0.15) is 41.4 Å². The molecule has 1 saturated heterocycles. The van der Waals surface area contributed by atoms with Gasteiger partial charge < -0.3 is 10.2 Å². The summed E-state index contributed by atoms with van der Waals surface area (Å²) in [7, 11) is 0. The highest BCUT2D eigenvalue weighted by atomic mass is 19.4. The van der Waals surface area contributed by atoms with Crippen molar-refractivity contribution in [2.24, 2.45) is 0 Å². The average Bonchev–Trinajstić information content (AvgIpc) is 2.68. The lowest BCUT2D eigenvalue weighted by Crippen LogP contribution is -2.32. The quantitative estimate of drug-likeness (QED) is 0.860. The van der Waals surface area contributed by atoms with Crippen LogP contribution in [0.15, 0.2) is 42.0 Å². The number of hydrogen-bond acceptors (Lipinski definition) is 4. The summed E-state index contributed by atoms with van der Waals surface area (Å²) in [6, 6.07) is 8.98. The molecule has 1 amide bonds. The number of halogens is 3. The van der Waals surface area contributed by atoms with E-state index in [-0.39, 0.29) is 17.2 Å². The monoisotopic (exact) mass is 390 g/mol. The first kappa shape index (κ1) is 19.9. The second-order valence-electron chi connectivity index (χ2n) is 6.51. The minimum Gasteiger partial charge on any atom is -0.354 e. The molecule has 0 bridgehead atoms. The number of benzene rings is 1. The van der Waals surface area contributed by atoms with Crippen molar-refractivity contribution in [1.82, 2.24) is 15.5 Å². The molecule has 0 unspecified atom stereocenters. The van der Waals surface area contributed by atoms with Gasteiger partial charge in [0.1, 0.15) is 0 Å². The number of alkyl halides is 3. The first-order valence-electron chi connectivity index (χ1n) is 9.11. The highest BCUT2D eigenvalue weighted by molar-refractivity contribution is 5.92. The van der Waals surface area contributed by atoms with Crippen LogP contribution in [0.4, 0.5) is 19.0 Å². The molecule has 0 radical (unpaired) electrons.